The molecule has 22 heavy (non-hydrogen) atoms. The summed E-state index contributed by atoms with van der Waals surface area (Å²) in [6.07, 6.45) is -6.67. The first-order valence-electron chi connectivity index (χ1n) is 6.70. The lowest BCUT2D eigenvalue weighted by atomic mass is 9.99. The molecule has 4 N–H and O–H groups in total. The normalized spacial score (nSPS) is 31.9. The predicted octanol–water partition coefficient (Wildman–Crippen LogP) is -0.164. The number of aryl methyl sites for hydroxylation is 1. The Morgan fingerprint density at radius 3 is 2.45 bits per heavy atom. The smallest absolute Gasteiger partial charge is 0.229 e. The molecule has 0 bridgehead atoms. The summed E-state index contributed by atoms with van der Waals surface area (Å²) in [4.78, 5) is 0. The lowest BCUT2D eigenvalue weighted by Gasteiger charge is -2.39. The van der Waals surface area contributed by atoms with Gasteiger partial charge < -0.3 is 34.6 Å². The molecule has 1 aromatic rings. The molecule has 8 heteroatoms. The van der Waals surface area contributed by atoms with Gasteiger partial charge in [-0.2, -0.15) is 0 Å². The minimum atomic E-state index is -1.49. The van der Waals surface area contributed by atoms with Crippen LogP contribution in [0.15, 0.2) is 12.1 Å². The maximum Gasteiger partial charge on any atom is 0.229 e. The van der Waals surface area contributed by atoms with Crippen molar-refractivity contribution in [3.05, 3.63) is 22.7 Å². The molecule has 0 amide bonds. The van der Waals surface area contributed by atoms with Gasteiger partial charge in [-0.15, -0.1) is 0 Å². The number of aliphatic hydroxyl groups is 4. The maximum absolute atomic E-state index is 9.93. The highest BCUT2D eigenvalue weighted by Crippen LogP contribution is 2.34. The predicted molar refractivity (Wildman–Crippen MR) is 77.1 cm³/mol. The number of rotatable bonds is 4. The molecule has 1 aliphatic rings. The van der Waals surface area contributed by atoms with Crippen LogP contribution >= 0.6 is 11.6 Å². The molecule has 0 aromatic heterocycles. The summed E-state index contributed by atoms with van der Waals surface area (Å²) in [5.41, 5.74) is 0.695. The number of ether oxygens (including phenoxy) is 3. The van der Waals surface area contributed by atoms with Crippen molar-refractivity contribution in [3.63, 3.8) is 0 Å². The van der Waals surface area contributed by atoms with Crippen LogP contribution in [-0.4, -0.2) is 64.8 Å². The molecule has 5 atom stereocenters. The number of benzene rings is 1. The molecule has 1 fully saturated rings. The van der Waals surface area contributed by atoms with Crippen LogP contribution in [0.25, 0.3) is 0 Å². The van der Waals surface area contributed by atoms with Gasteiger partial charge in [-0.05, 0) is 18.6 Å². The van der Waals surface area contributed by atoms with Gasteiger partial charge in [0, 0.05) is 6.07 Å². The number of hydrogen-bond acceptors (Lipinski definition) is 7. The Hall–Kier alpha value is -1.09. The van der Waals surface area contributed by atoms with Gasteiger partial charge in [-0.1, -0.05) is 11.6 Å². The summed E-state index contributed by atoms with van der Waals surface area (Å²) in [7, 11) is 1.46. The van der Waals surface area contributed by atoms with E-state index in [1.807, 2.05) is 0 Å². The molecule has 1 saturated heterocycles. The Morgan fingerprint density at radius 2 is 1.86 bits per heavy atom. The minimum absolute atomic E-state index is 0.308. The molecule has 0 spiro atoms. The highest BCUT2D eigenvalue weighted by Gasteiger charge is 2.44. The van der Waals surface area contributed by atoms with Crippen LogP contribution in [0, 0.1) is 6.92 Å². The number of aliphatic hydroxyl groups excluding tert-OH is 4. The van der Waals surface area contributed by atoms with E-state index in [1.165, 1.54) is 13.2 Å². The van der Waals surface area contributed by atoms with Crippen LogP contribution in [0.3, 0.4) is 0 Å². The Bertz CT molecular complexity index is 522. The van der Waals surface area contributed by atoms with Gasteiger partial charge in [0.25, 0.3) is 0 Å². The molecule has 0 radical (unpaired) electrons. The molecule has 1 aliphatic heterocycles. The van der Waals surface area contributed by atoms with E-state index in [4.69, 9.17) is 30.9 Å². The summed E-state index contributed by atoms with van der Waals surface area (Å²) in [5, 5.41) is 39.0. The highest BCUT2D eigenvalue weighted by molar-refractivity contribution is 6.32. The second-order valence-electron chi connectivity index (χ2n) is 5.07. The molecular formula is C14H19ClO7. The lowest BCUT2D eigenvalue weighted by Crippen LogP contribution is -2.60. The Labute approximate surface area is 132 Å². The molecule has 124 valence electrons. The van der Waals surface area contributed by atoms with Crippen LogP contribution in [0.2, 0.25) is 5.02 Å². The molecule has 1 aromatic carbocycles. The third-order valence-electron chi connectivity index (χ3n) is 3.52. The fourth-order valence-corrected chi connectivity index (χ4v) is 2.41. The van der Waals surface area contributed by atoms with Crippen molar-refractivity contribution >= 4 is 11.6 Å². The van der Waals surface area contributed by atoms with E-state index in [0.29, 0.717) is 22.1 Å². The summed E-state index contributed by atoms with van der Waals surface area (Å²) < 4.78 is 15.9. The fourth-order valence-electron chi connectivity index (χ4n) is 2.22. The van der Waals surface area contributed by atoms with Crippen molar-refractivity contribution in [1.29, 1.82) is 0 Å². The van der Waals surface area contributed by atoms with Crippen molar-refractivity contribution < 1.29 is 34.6 Å². The molecule has 0 aliphatic carbocycles. The van der Waals surface area contributed by atoms with Crippen LogP contribution in [0.1, 0.15) is 5.56 Å². The Balaban J connectivity index is 2.20. The zero-order chi connectivity index (χ0) is 16.4. The van der Waals surface area contributed by atoms with E-state index >= 15 is 0 Å². The lowest BCUT2D eigenvalue weighted by molar-refractivity contribution is -0.277. The van der Waals surface area contributed by atoms with E-state index < -0.39 is 37.3 Å². The highest BCUT2D eigenvalue weighted by atomic mass is 35.5. The topological polar surface area (TPSA) is 109 Å². The molecule has 1 heterocycles. The summed E-state index contributed by atoms with van der Waals surface area (Å²) >= 11 is 6.06. The van der Waals surface area contributed by atoms with Crippen molar-refractivity contribution in [3.8, 4) is 11.5 Å². The van der Waals surface area contributed by atoms with Crippen molar-refractivity contribution in [1.82, 2.24) is 0 Å². The number of methoxy groups -OCH3 is 1. The first-order chi connectivity index (χ1) is 10.4. The second-order valence-corrected chi connectivity index (χ2v) is 5.45. The first kappa shape index (κ1) is 17.3. The SMILES string of the molecule is COc1cc(O[C@@H]2O[C@H](CO)[C@@H](O)[C@H](O)[C@H]2O)cc(C)c1Cl. The number of halogens is 1. The standard InChI is InChI=1S/C14H19ClO7/c1-6-3-7(4-8(20-2)10(6)15)21-14-13(19)12(18)11(17)9(5-16)22-14/h3-4,9,11-14,16-19H,5H2,1-2H3/t9-,11-,12+,13-,14-/m1/s1. The van der Waals surface area contributed by atoms with Gasteiger partial charge in [0.15, 0.2) is 0 Å². The van der Waals surface area contributed by atoms with Crippen LogP contribution in [0.5, 0.6) is 11.5 Å². The summed E-state index contributed by atoms with van der Waals surface area (Å²) in [6.45, 7) is 1.23. The molecule has 0 unspecified atom stereocenters. The molecular weight excluding hydrogens is 316 g/mol. The minimum Gasteiger partial charge on any atom is -0.495 e. The van der Waals surface area contributed by atoms with Crippen LogP contribution in [0.4, 0.5) is 0 Å². The van der Waals surface area contributed by atoms with E-state index in [0.717, 1.165) is 0 Å². The zero-order valence-corrected chi connectivity index (χ0v) is 12.9. The van der Waals surface area contributed by atoms with Gasteiger partial charge in [-0.25, -0.2) is 0 Å². The van der Waals surface area contributed by atoms with Crippen molar-refractivity contribution in [2.75, 3.05) is 13.7 Å². The third kappa shape index (κ3) is 3.29. The molecule has 2 rings (SSSR count). The maximum atomic E-state index is 9.93. The quantitative estimate of drug-likeness (QED) is 0.605. The van der Waals surface area contributed by atoms with Crippen LogP contribution < -0.4 is 9.47 Å². The van der Waals surface area contributed by atoms with Crippen LogP contribution in [-0.2, 0) is 4.74 Å². The van der Waals surface area contributed by atoms with Gasteiger partial charge in [0.1, 0.15) is 35.9 Å². The molecule has 7 nitrogen and oxygen atoms in total. The fraction of sp³-hybridized carbons (Fsp3) is 0.571. The largest absolute Gasteiger partial charge is 0.495 e. The third-order valence-corrected chi connectivity index (χ3v) is 4.00. The van der Waals surface area contributed by atoms with E-state index in [9.17, 15) is 15.3 Å². The van der Waals surface area contributed by atoms with Gasteiger partial charge in [-0.3, -0.25) is 0 Å². The van der Waals surface area contributed by atoms with E-state index in [1.54, 1.807) is 13.0 Å². The monoisotopic (exact) mass is 334 g/mol. The average molecular weight is 335 g/mol. The number of hydrogen-bond donors (Lipinski definition) is 4. The Kier molecular flexibility index (Phi) is 5.49. The summed E-state index contributed by atoms with van der Waals surface area (Å²) in [6, 6.07) is 3.13. The van der Waals surface area contributed by atoms with Gasteiger partial charge in [0.2, 0.25) is 6.29 Å². The van der Waals surface area contributed by atoms with E-state index in [-0.39, 0.29) is 0 Å². The second kappa shape index (κ2) is 6.99. The first-order valence-corrected chi connectivity index (χ1v) is 7.08. The van der Waals surface area contributed by atoms with Gasteiger partial charge in [0.05, 0.1) is 18.7 Å². The van der Waals surface area contributed by atoms with E-state index in [2.05, 4.69) is 0 Å². The van der Waals surface area contributed by atoms with Crippen molar-refractivity contribution in [2.24, 2.45) is 0 Å². The average Bonchev–Trinajstić information content (AvgIpc) is 2.51. The molecule has 0 saturated carbocycles. The zero-order valence-electron chi connectivity index (χ0n) is 12.1. The summed E-state index contributed by atoms with van der Waals surface area (Å²) in [5.74, 6) is 0.698. The Morgan fingerprint density at radius 1 is 1.18 bits per heavy atom. The van der Waals surface area contributed by atoms with Gasteiger partial charge >= 0.3 is 0 Å². The van der Waals surface area contributed by atoms with Crippen molar-refractivity contribution in [2.45, 2.75) is 37.6 Å².